The lowest BCUT2D eigenvalue weighted by molar-refractivity contribution is 0.695. The van der Waals surface area contributed by atoms with Crippen LogP contribution in [0.2, 0.25) is 0 Å². The Morgan fingerprint density at radius 2 is 2.38 bits per heavy atom. The number of thioether (sulfide) groups is 1. The Kier molecular flexibility index (Phi) is 1.92. The lowest BCUT2D eigenvalue weighted by Crippen LogP contribution is -2.28. The molecule has 0 spiro atoms. The Balaban J connectivity index is 2.75. The number of aryl methyl sites for hydroxylation is 1. The molecule has 2 N–H and O–H groups in total. The molecule has 0 saturated carbocycles. The standard InChI is InChI=1S/C8H11N3OS/c1-4-10-7-6(5(9)3-13-7)8(12)11(4)2/h5H,3,9H2,1-2H3. The average molecular weight is 197 g/mol. The molecule has 0 aromatic carbocycles. The van der Waals surface area contributed by atoms with Crippen LogP contribution in [0.1, 0.15) is 17.4 Å². The lowest BCUT2D eigenvalue weighted by atomic mass is 10.2. The summed E-state index contributed by atoms with van der Waals surface area (Å²) in [6.45, 7) is 1.83. The van der Waals surface area contributed by atoms with Crippen molar-refractivity contribution in [2.24, 2.45) is 12.8 Å². The van der Waals surface area contributed by atoms with Crippen molar-refractivity contribution in [3.63, 3.8) is 0 Å². The summed E-state index contributed by atoms with van der Waals surface area (Å²) in [5.41, 5.74) is 6.47. The molecule has 1 unspecified atom stereocenters. The second kappa shape index (κ2) is 2.85. The minimum Gasteiger partial charge on any atom is -0.323 e. The molecule has 5 heteroatoms. The van der Waals surface area contributed by atoms with Gasteiger partial charge in [0.05, 0.1) is 5.56 Å². The molecule has 0 amide bonds. The molecule has 0 saturated heterocycles. The van der Waals surface area contributed by atoms with E-state index in [1.165, 1.54) is 0 Å². The smallest absolute Gasteiger partial charge is 0.259 e. The largest absolute Gasteiger partial charge is 0.323 e. The van der Waals surface area contributed by atoms with Gasteiger partial charge in [-0.25, -0.2) is 4.98 Å². The summed E-state index contributed by atoms with van der Waals surface area (Å²) in [7, 11) is 1.72. The SMILES string of the molecule is Cc1nc2c(c(=O)n1C)C(N)CS2. The zero-order valence-electron chi connectivity index (χ0n) is 7.57. The maximum Gasteiger partial charge on any atom is 0.259 e. The van der Waals surface area contributed by atoms with Gasteiger partial charge in [-0.3, -0.25) is 9.36 Å². The van der Waals surface area contributed by atoms with Gasteiger partial charge in [-0.15, -0.1) is 11.8 Å². The van der Waals surface area contributed by atoms with E-state index in [0.29, 0.717) is 5.56 Å². The normalized spacial score (nSPS) is 20.4. The molecule has 0 radical (unpaired) electrons. The van der Waals surface area contributed by atoms with E-state index in [2.05, 4.69) is 4.98 Å². The van der Waals surface area contributed by atoms with E-state index in [4.69, 9.17) is 5.73 Å². The zero-order valence-corrected chi connectivity index (χ0v) is 8.39. The molecule has 2 rings (SSSR count). The molecule has 1 aliphatic heterocycles. The van der Waals surface area contributed by atoms with Gasteiger partial charge < -0.3 is 5.73 Å². The molecule has 1 atom stereocenters. The molecular formula is C8H11N3OS. The Morgan fingerprint density at radius 3 is 3.08 bits per heavy atom. The minimum atomic E-state index is -0.146. The number of fused-ring (bicyclic) bond motifs is 1. The quantitative estimate of drug-likeness (QED) is 0.603. The van der Waals surface area contributed by atoms with Crippen LogP contribution in [0.5, 0.6) is 0 Å². The van der Waals surface area contributed by atoms with E-state index >= 15 is 0 Å². The van der Waals surface area contributed by atoms with Crippen molar-refractivity contribution in [3.8, 4) is 0 Å². The van der Waals surface area contributed by atoms with Gasteiger partial charge in [-0.1, -0.05) is 0 Å². The molecule has 13 heavy (non-hydrogen) atoms. The van der Waals surface area contributed by atoms with Crippen LogP contribution >= 0.6 is 11.8 Å². The van der Waals surface area contributed by atoms with Crippen molar-refractivity contribution in [1.29, 1.82) is 0 Å². The molecule has 4 nitrogen and oxygen atoms in total. The third-order valence-corrected chi connectivity index (χ3v) is 3.40. The highest BCUT2D eigenvalue weighted by molar-refractivity contribution is 7.99. The first-order chi connectivity index (χ1) is 6.11. The van der Waals surface area contributed by atoms with Crippen molar-refractivity contribution in [3.05, 3.63) is 21.7 Å². The minimum absolute atomic E-state index is 0.000000000000000222. The highest BCUT2D eigenvalue weighted by atomic mass is 32.2. The van der Waals surface area contributed by atoms with Gasteiger partial charge in [0.1, 0.15) is 10.9 Å². The third kappa shape index (κ3) is 1.19. The molecule has 0 bridgehead atoms. The second-order valence-corrected chi connectivity index (χ2v) is 4.17. The van der Waals surface area contributed by atoms with E-state index in [1.807, 2.05) is 6.92 Å². The maximum absolute atomic E-state index is 11.7. The predicted molar refractivity (Wildman–Crippen MR) is 51.9 cm³/mol. The van der Waals surface area contributed by atoms with E-state index in [9.17, 15) is 4.79 Å². The molecule has 1 aromatic rings. The number of hydrogen-bond acceptors (Lipinski definition) is 4. The summed E-state index contributed by atoms with van der Waals surface area (Å²) >= 11 is 1.56. The Hall–Kier alpha value is -0.810. The van der Waals surface area contributed by atoms with Crippen LogP contribution in [0.3, 0.4) is 0 Å². The number of nitrogens with zero attached hydrogens (tertiary/aromatic N) is 2. The van der Waals surface area contributed by atoms with Crippen LogP contribution in [-0.2, 0) is 7.05 Å². The van der Waals surface area contributed by atoms with Crippen LogP contribution < -0.4 is 11.3 Å². The van der Waals surface area contributed by atoms with Gasteiger partial charge in [-0.05, 0) is 6.92 Å². The first-order valence-corrected chi connectivity index (χ1v) is 5.05. The van der Waals surface area contributed by atoms with Gasteiger partial charge in [0.2, 0.25) is 0 Å². The fourth-order valence-corrected chi connectivity index (χ4v) is 2.48. The van der Waals surface area contributed by atoms with E-state index in [1.54, 1.807) is 23.4 Å². The Labute approximate surface area is 80.2 Å². The van der Waals surface area contributed by atoms with Crippen LogP contribution in [0.25, 0.3) is 0 Å². The van der Waals surface area contributed by atoms with Crippen molar-refractivity contribution < 1.29 is 0 Å². The number of hydrogen-bond donors (Lipinski definition) is 1. The van der Waals surface area contributed by atoms with Crippen LogP contribution in [-0.4, -0.2) is 15.3 Å². The van der Waals surface area contributed by atoms with E-state index in [0.717, 1.165) is 16.6 Å². The topological polar surface area (TPSA) is 60.9 Å². The van der Waals surface area contributed by atoms with Crippen molar-refractivity contribution in [1.82, 2.24) is 9.55 Å². The van der Waals surface area contributed by atoms with Gasteiger partial charge in [0.15, 0.2) is 0 Å². The first-order valence-electron chi connectivity index (χ1n) is 4.07. The molecule has 0 aliphatic carbocycles. The van der Waals surface area contributed by atoms with E-state index in [-0.39, 0.29) is 11.6 Å². The molecule has 1 aliphatic rings. The van der Waals surface area contributed by atoms with Crippen molar-refractivity contribution in [2.75, 3.05) is 5.75 Å². The van der Waals surface area contributed by atoms with Crippen LogP contribution in [0.4, 0.5) is 0 Å². The predicted octanol–water partition coefficient (Wildman–Crippen LogP) is 0.194. The summed E-state index contributed by atoms with van der Waals surface area (Å²) in [5, 5.41) is 0.813. The van der Waals surface area contributed by atoms with Gasteiger partial charge in [-0.2, -0.15) is 0 Å². The monoisotopic (exact) mass is 197 g/mol. The summed E-state index contributed by atoms with van der Waals surface area (Å²) in [5.74, 6) is 1.51. The van der Waals surface area contributed by atoms with Crippen molar-refractivity contribution in [2.45, 2.75) is 18.0 Å². The number of nitrogens with two attached hydrogens (primary N) is 1. The fraction of sp³-hybridized carbons (Fsp3) is 0.500. The first kappa shape index (κ1) is 8.77. The van der Waals surface area contributed by atoms with Gasteiger partial charge >= 0.3 is 0 Å². The highest BCUT2D eigenvalue weighted by Gasteiger charge is 2.25. The Morgan fingerprint density at radius 1 is 1.69 bits per heavy atom. The third-order valence-electron chi connectivity index (χ3n) is 2.28. The molecule has 1 aromatic heterocycles. The summed E-state index contributed by atoms with van der Waals surface area (Å²) in [6.07, 6.45) is 0. The van der Waals surface area contributed by atoms with Crippen molar-refractivity contribution >= 4 is 11.8 Å². The molecule has 70 valence electrons. The van der Waals surface area contributed by atoms with Crippen LogP contribution in [0, 0.1) is 6.92 Å². The molecular weight excluding hydrogens is 186 g/mol. The Bertz CT molecular complexity index is 413. The lowest BCUT2D eigenvalue weighted by Gasteiger charge is -2.06. The fourth-order valence-electron chi connectivity index (χ4n) is 1.38. The van der Waals surface area contributed by atoms with Gasteiger partial charge in [0, 0.05) is 18.8 Å². The zero-order chi connectivity index (χ0) is 9.59. The number of rotatable bonds is 0. The number of aromatic nitrogens is 2. The summed E-state index contributed by atoms with van der Waals surface area (Å²) in [4.78, 5) is 16.0. The van der Waals surface area contributed by atoms with Crippen LogP contribution in [0.15, 0.2) is 9.82 Å². The van der Waals surface area contributed by atoms with E-state index < -0.39 is 0 Å². The second-order valence-electron chi connectivity index (χ2n) is 3.16. The summed E-state index contributed by atoms with van der Waals surface area (Å²) < 4.78 is 1.55. The van der Waals surface area contributed by atoms with Gasteiger partial charge in [0.25, 0.3) is 5.56 Å². The molecule has 2 heterocycles. The maximum atomic E-state index is 11.7. The average Bonchev–Trinajstić information content (AvgIpc) is 2.43. The highest BCUT2D eigenvalue weighted by Crippen LogP contribution is 2.32. The summed E-state index contributed by atoms with van der Waals surface area (Å²) in [6, 6.07) is -0.146. The molecule has 0 fully saturated rings.